The third kappa shape index (κ3) is 2.20. The zero-order chi connectivity index (χ0) is 8.27. The SMILES string of the molecule is Cc1sccc1NC(=O)CCl. The molecule has 0 atom stereocenters. The third-order valence-electron chi connectivity index (χ3n) is 1.25. The van der Waals surface area contributed by atoms with Gasteiger partial charge in [0, 0.05) is 4.88 Å². The molecule has 2 nitrogen and oxygen atoms in total. The van der Waals surface area contributed by atoms with Crippen molar-refractivity contribution < 1.29 is 4.79 Å². The molecule has 4 heteroatoms. The number of nitrogens with one attached hydrogen (secondary N) is 1. The molecule has 0 aliphatic heterocycles. The summed E-state index contributed by atoms with van der Waals surface area (Å²) < 4.78 is 0. The van der Waals surface area contributed by atoms with Gasteiger partial charge in [0.1, 0.15) is 5.88 Å². The van der Waals surface area contributed by atoms with E-state index in [1.54, 1.807) is 11.3 Å². The highest BCUT2D eigenvalue weighted by Crippen LogP contribution is 2.20. The highest BCUT2D eigenvalue weighted by Gasteiger charge is 2.02. The lowest BCUT2D eigenvalue weighted by Crippen LogP contribution is -2.12. The first-order valence-electron chi connectivity index (χ1n) is 3.14. The molecule has 0 fully saturated rings. The second-order valence-corrected chi connectivity index (χ2v) is 3.46. The first-order valence-corrected chi connectivity index (χ1v) is 4.55. The van der Waals surface area contributed by atoms with Crippen LogP contribution in [0.2, 0.25) is 0 Å². The quantitative estimate of drug-likeness (QED) is 0.711. The first kappa shape index (κ1) is 8.56. The molecular formula is C7H8ClNOS. The molecule has 1 amide bonds. The number of thiophene rings is 1. The van der Waals surface area contributed by atoms with Crippen molar-refractivity contribution in [1.82, 2.24) is 0 Å². The number of aryl methyl sites for hydroxylation is 1. The highest BCUT2D eigenvalue weighted by atomic mass is 35.5. The minimum absolute atomic E-state index is 0.00921. The summed E-state index contributed by atoms with van der Waals surface area (Å²) in [6, 6.07) is 1.87. The van der Waals surface area contributed by atoms with E-state index in [1.807, 2.05) is 18.4 Å². The number of anilines is 1. The zero-order valence-corrected chi connectivity index (χ0v) is 7.63. The Balaban J connectivity index is 2.64. The Morgan fingerprint density at radius 2 is 2.55 bits per heavy atom. The fourth-order valence-electron chi connectivity index (χ4n) is 0.698. The third-order valence-corrected chi connectivity index (χ3v) is 2.34. The van der Waals surface area contributed by atoms with Crippen LogP contribution in [0.15, 0.2) is 11.4 Å². The minimum atomic E-state index is -0.159. The van der Waals surface area contributed by atoms with E-state index in [1.165, 1.54) is 0 Å². The van der Waals surface area contributed by atoms with Gasteiger partial charge in [-0.05, 0) is 18.4 Å². The summed E-state index contributed by atoms with van der Waals surface area (Å²) >= 11 is 6.91. The summed E-state index contributed by atoms with van der Waals surface area (Å²) in [7, 11) is 0. The summed E-state index contributed by atoms with van der Waals surface area (Å²) in [6.45, 7) is 1.95. The van der Waals surface area contributed by atoms with E-state index in [0.717, 1.165) is 10.6 Å². The molecule has 0 unspecified atom stereocenters. The summed E-state index contributed by atoms with van der Waals surface area (Å²) in [5.41, 5.74) is 0.862. The van der Waals surface area contributed by atoms with E-state index in [2.05, 4.69) is 5.32 Å². The Morgan fingerprint density at radius 1 is 1.82 bits per heavy atom. The fraction of sp³-hybridized carbons (Fsp3) is 0.286. The van der Waals surface area contributed by atoms with Gasteiger partial charge < -0.3 is 5.32 Å². The van der Waals surface area contributed by atoms with Crippen molar-refractivity contribution in [3.05, 3.63) is 16.3 Å². The number of hydrogen-bond donors (Lipinski definition) is 1. The molecule has 0 bridgehead atoms. The van der Waals surface area contributed by atoms with Crippen molar-refractivity contribution in [3.8, 4) is 0 Å². The first-order chi connectivity index (χ1) is 5.24. The number of carbonyl (C=O) groups excluding carboxylic acids is 1. The van der Waals surface area contributed by atoms with Crippen LogP contribution in [0.5, 0.6) is 0 Å². The predicted octanol–water partition coefficient (Wildman–Crippen LogP) is 2.23. The molecule has 11 heavy (non-hydrogen) atoms. The fourth-order valence-corrected chi connectivity index (χ4v) is 1.42. The van der Waals surface area contributed by atoms with Crippen molar-refractivity contribution in [1.29, 1.82) is 0 Å². The lowest BCUT2D eigenvalue weighted by atomic mass is 10.4. The van der Waals surface area contributed by atoms with E-state index in [0.29, 0.717) is 0 Å². The molecule has 1 aromatic rings. The number of carbonyl (C=O) groups is 1. The van der Waals surface area contributed by atoms with Crippen LogP contribution >= 0.6 is 22.9 Å². The van der Waals surface area contributed by atoms with E-state index >= 15 is 0 Å². The van der Waals surface area contributed by atoms with E-state index in [4.69, 9.17) is 11.6 Å². The van der Waals surface area contributed by atoms with Crippen LogP contribution in [-0.4, -0.2) is 11.8 Å². The van der Waals surface area contributed by atoms with Gasteiger partial charge in [-0.15, -0.1) is 22.9 Å². The minimum Gasteiger partial charge on any atom is -0.324 e. The molecule has 1 heterocycles. The second-order valence-electron chi connectivity index (χ2n) is 2.07. The maximum absolute atomic E-state index is 10.8. The van der Waals surface area contributed by atoms with Crippen LogP contribution in [0.4, 0.5) is 5.69 Å². The molecule has 0 radical (unpaired) electrons. The van der Waals surface area contributed by atoms with Gasteiger partial charge >= 0.3 is 0 Å². The van der Waals surface area contributed by atoms with Gasteiger partial charge in [-0.3, -0.25) is 4.79 Å². The maximum atomic E-state index is 10.8. The standard InChI is InChI=1S/C7H8ClNOS/c1-5-6(2-3-11-5)9-7(10)4-8/h2-3H,4H2,1H3,(H,9,10). The Kier molecular flexibility index (Phi) is 2.91. The van der Waals surface area contributed by atoms with Crippen LogP contribution < -0.4 is 5.32 Å². The van der Waals surface area contributed by atoms with Gasteiger partial charge in [-0.1, -0.05) is 0 Å². The normalized spacial score (nSPS) is 9.64. The molecular weight excluding hydrogens is 182 g/mol. The van der Waals surface area contributed by atoms with Crippen LogP contribution in [0.1, 0.15) is 4.88 Å². The lowest BCUT2D eigenvalue weighted by Gasteiger charge is -1.99. The Labute approximate surface area is 74.2 Å². The number of hydrogen-bond acceptors (Lipinski definition) is 2. The maximum Gasteiger partial charge on any atom is 0.239 e. The van der Waals surface area contributed by atoms with Crippen LogP contribution in [0.25, 0.3) is 0 Å². The number of alkyl halides is 1. The Morgan fingerprint density at radius 3 is 3.00 bits per heavy atom. The van der Waals surface area contributed by atoms with Crippen molar-refractivity contribution in [2.75, 3.05) is 11.2 Å². The van der Waals surface area contributed by atoms with Crippen LogP contribution in [0, 0.1) is 6.92 Å². The van der Waals surface area contributed by atoms with Crippen LogP contribution in [-0.2, 0) is 4.79 Å². The van der Waals surface area contributed by atoms with Gasteiger partial charge in [0.15, 0.2) is 0 Å². The Hall–Kier alpha value is -0.540. The number of amides is 1. The molecule has 1 aromatic heterocycles. The summed E-state index contributed by atoms with van der Waals surface area (Å²) in [6.07, 6.45) is 0. The largest absolute Gasteiger partial charge is 0.324 e. The molecule has 0 spiro atoms. The molecule has 1 N–H and O–H groups in total. The highest BCUT2D eigenvalue weighted by molar-refractivity contribution is 7.10. The van der Waals surface area contributed by atoms with Gasteiger partial charge in [0.05, 0.1) is 5.69 Å². The Bertz CT molecular complexity index is 259. The zero-order valence-electron chi connectivity index (χ0n) is 6.06. The molecule has 0 aliphatic carbocycles. The van der Waals surface area contributed by atoms with Gasteiger partial charge in [0.25, 0.3) is 0 Å². The monoisotopic (exact) mass is 189 g/mol. The molecule has 0 aromatic carbocycles. The van der Waals surface area contributed by atoms with Gasteiger partial charge in [-0.2, -0.15) is 0 Å². The molecule has 1 rings (SSSR count). The molecule has 60 valence electrons. The van der Waals surface area contributed by atoms with Crippen molar-refractivity contribution in [2.24, 2.45) is 0 Å². The molecule has 0 saturated carbocycles. The van der Waals surface area contributed by atoms with Gasteiger partial charge in [-0.25, -0.2) is 0 Å². The van der Waals surface area contributed by atoms with E-state index < -0.39 is 0 Å². The number of rotatable bonds is 2. The molecule has 0 aliphatic rings. The van der Waals surface area contributed by atoms with Gasteiger partial charge in [0.2, 0.25) is 5.91 Å². The van der Waals surface area contributed by atoms with E-state index in [-0.39, 0.29) is 11.8 Å². The summed E-state index contributed by atoms with van der Waals surface area (Å²) in [4.78, 5) is 11.9. The van der Waals surface area contributed by atoms with E-state index in [9.17, 15) is 4.79 Å². The van der Waals surface area contributed by atoms with Crippen molar-refractivity contribution in [3.63, 3.8) is 0 Å². The average Bonchev–Trinajstić information content (AvgIpc) is 2.37. The number of halogens is 1. The van der Waals surface area contributed by atoms with Crippen LogP contribution in [0.3, 0.4) is 0 Å². The molecule has 0 saturated heterocycles. The summed E-state index contributed by atoms with van der Waals surface area (Å²) in [5.74, 6) is -0.150. The van der Waals surface area contributed by atoms with Crippen molar-refractivity contribution in [2.45, 2.75) is 6.92 Å². The average molecular weight is 190 g/mol. The summed E-state index contributed by atoms with van der Waals surface area (Å²) in [5, 5.41) is 4.61. The lowest BCUT2D eigenvalue weighted by molar-refractivity contribution is -0.113. The second kappa shape index (κ2) is 3.74. The smallest absolute Gasteiger partial charge is 0.239 e. The topological polar surface area (TPSA) is 29.1 Å². The predicted molar refractivity (Wildman–Crippen MR) is 48.4 cm³/mol. The van der Waals surface area contributed by atoms with Crippen molar-refractivity contribution >= 4 is 34.5 Å².